The van der Waals surface area contributed by atoms with Crippen LogP contribution in [0.15, 0.2) is 29.2 Å². The molecular formula is C21H32N2O6S. The predicted molar refractivity (Wildman–Crippen MR) is 112 cm³/mol. The number of sulfonamides is 1. The Morgan fingerprint density at radius 1 is 1.13 bits per heavy atom. The number of carbonyl (C=O) groups is 2. The molecule has 1 aromatic carbocycles. The van der Waals surface area contributed by atoms with Crippen molar-refractivity contribution in [1.82, 2.24) is 9.21 Å². The number of nitrogens with zero attached hydrogens (tertiary/aromatic N) is 2. The molecule has 0 atom stereocenters. The van der Waals surface area contributed by atoms with E-state index in [1.54, 1.807) is 29.2 Å². The van der Waals surface area contributed by atoms with Crippen LogP contribution >= 0.6 is 0 Å². The monoisotopic (exact) mass is 440 g/mol. The Bertz CT molecular complexity index is 801. The molecule has 168 valence electrons. The summed E-state index contributed by atoms with van der Waals surface area (Å²) in [4.78, 5) is 26.0. The Hall–Kier alpha value is -1.97. The molecule has 0 saturated carbocycles. The molecular weight excluding hydrogens is 408 g/mol. The van der Waals surface area contributed by atoms with Crippen molar-refractivity contribution in [2.45, 2.75) is 38.0 Å². The molecule has 1 fully saturated rings. The first kappa shape index (κ1) is 24.3. The molecule has 8 nitrogen and oxygen atoms in total. The standard InChI is InChI=1S/C21H32N2O6S/c1-17(2)16-22(11-10-21(25)28-3)20(24)9-6-18-4-7-19(8-5-18)30(26,27)23-12-14-29-15-13-23/h4-5,7-8,17H,6,9-16H2,1-3H3. The van der Waals surface area contributed by atoms with Crippen LogP contribution in [0.25, 0.3) is 0 Å². The SMILES string of the molecule is COC(=O)CCN(CC(C)C)C(=O)CCc1ccc(S(=O)(=O)N2CCOCC2)cc1. The summed E-state index contributed by atoms with van der Waals surface area (Å²) in [6, 6.07) is 6.69. The number of ether oxygens (including phenoxy) is 2. The summed E-state index contributed by atoms with van der Waals surface area (Å²) in [5.74, 6) is -0.0810. The maximum absolute atomic E-state index is 12.7. The molecule has 2 rings (SSSR count). The molecule has 9 heteroatoms. The van der Waals surface area contributed by atoms with Gasteiger partial charge in [-0.25, -0.2) is 8.42 Å². The molecule has 1 heterocycles. The summed E-state index contributed by atoms with van der Waals surface area (Å²) in [5, 5.41) is 0. The van der Waals surface area contributed by atoms with E-state index >= 15 is 0 Å². The number of amides is 1. The van der Waals surface area contributed by atoms with Gasteiger partial charge in [-0.3, -0.25) is 9.59 Å². The minimum Gasteiger partial charge on any atom is -0.469 e. The second-order valence-corrected chi connectivity index (χ2v) is 9.66. The molecule has 1 aliphatic rings. The summed E-state index contributed by atoms with van der Waals surface area (Å²) in [6.07, 6.45) is 0.968. The van der Waals surface area contributed by atoms with Gasteiger partial charge in [-0.1, -0.05) is 26.0 Å². The summed E-state index contributed by atoms with van der Waals surface area (Å²) in [6.45, 7) is 6.47. The Morgan fingerprint density at radius 2 is 1.77 bits per heavy atom. The van der Waals surface area contributed by atoms with Gasteiger partial charge in [-0.15, -0.1) is 0 Å². The predicted octanol–water partition coefficient (Wildman–Crippen LogP) is 1.69. The van der Waals surface area contributed by atoms with Crippen molar-refractivity contribution < 1.29 is 27.5 Å². The number of hydrogen-bond donors (Lipinski definition) is 0. The maximum atomic E-state index is 12.7. The quantitative estimate of drug-likeness (QED) is 0.514. The lowest BCUT2D eigenvalue weighted by atomic mass is 10.1. The number of methoxy groups -OCH3 is 1. The fourth-order valence-electron chi connectivity index (χ4n) is 3.26. The lowest BCUT2D eigenvalue weighted by Crippen LogP contribution is -2.40. The van der Waals surface area contributed by atoms with Gasteiger partial charge in [-0.2, -0.15) is 4.31 Å². The summed E-state index contributed by atoms with van der Waals surface area (Å²) >= 11 is 0. The first-order valence-corrected chi connectivity index (χ1v) is 11.7. The zero-order valence-corrected chi connectivity index (χ0v) is 18.8. The third-order valence-electron chi connectivity index (χ3n) is 4.91. The van der Waals surface area contributed by atoms with E-state index in [2.05, 4.69) is 4.74 Å². The van der Waals surface area contributed by atoms with Crippen LogP contribution in [0.3, 0.4) is 0 Å². The van der Waals surface area contributed by atoms with Crippen LogP contribution in [0.5, 0.6) is 0 Å². The molecule has 0 unspecified atom stereocenters. The fourth-order valence-corrected chi connectivity index (χ4v) is 4.67. The van der Waals surface area contributed by atoms with Crippen LogP contribution in [0, 0.1) is 5.92 Å². The molecule has 0 spiro atoms. The molecule has 1 saturated heterocycles. The average Bonchev–Trinajstić information content (AvgIpc) is 2.75. The van der Waals surface area contributed by atoms with Gasteiger partial charge in [0.2, 0.25) is 15.9 Å². The number of carbonyl (C=O) groups excluding carboxylic acids is 2. The third kappa shape index (κ3) is 7.07. The zero-order chi connectivity index (χ0) is 22.1. The van der Waals surface area contributed by atoms with Crippen molar-refractivity contribution in [3.63, 3.8) is 0 Å². The average molecular weight is 441 g/mol. The molecule has 1 aliphatic heterocycles. The minimum atomic E-state index is -3.52. The van der Waals surface area contributed by atoms with Gasteiger partial charge in [0.25, 0.3) is 0 Å². The summed E-state index contributed by atoms with van der Waals surface area (Å²) < 4.78 is 36.7. The van der Waals surface area contributed by atoms with Gasteiger partial charge >= 0.3 is 5.97 Å². The molecule has 30 heavy (non-hydrogen) atoms. The number of benzene rings is 1. The van der Waals surface area contributed by atoms with Crippen LogP contribution in [-0.2, 0) is 35.5 Å². The topological polar surface area (TPSA) is 93.2 Å². The largest absolute Gasteiger partial charge is 0.469 e. The second kappa shape index (κ2) is 11.4. The first-order valence-electron chi connectivity index (χ1n) is 10.3. The summed E-state index contributed by atoms with van der Waals surface area (Å²) in [5.41, 5.74) is 0.891. The Balaban J connectivity index is 1.95. The van der Waals surface area contributed by atoms with E-state index in [0.717, 1.165) is 5.56 Å². The van der Waals surface area contributed by atoms with Gasteiger partial charge in [0.1, 0.15) is 0 Å². The molecule has 0 N–H and O–H groups in total. The first-order chi connectivity index (χ1) is 14.2. The minimum absolute atomic E-state index is 0.0300. The Morgan fingerprint density at radius 3 is 2.33 bits per heavy atom. The second-order valence-electron chi connectivity index (χ2n) is 7.72. The van der Waals surface area contributed by atoms with E-state index in [1.165, 1.54) is 11.4 Å². The van der Waals surface area contributed by atoms with Crippen molar-refractivity contribution in [3.8, 4) is 0 Å². The number of aryl methyl sites for hydroxylation is 1. The van der Waals surface area contributed by atoms with Crippen LogP contribution < -0.4 is 0 Å². The highest BCUT2D eigenvalue weighted by Crippen LogP contribution is 2.18. The molecule has 0 aliphatic carbocycles. The Labute approximate surface area is 179 Å². The van der Waals surface area contributed by atoms with Crippen molar-refractivity contribution in [2.24, 2.45) is 5.92 Å². The van der Waals surface area contributed by atoms with Crippen molar-refractivity contribution >= 4 is 21.9 Å². The highest BCUT2D eigenvalue weighted by Gasteiger charge is 2.26. The number of rotatable bonds is 10. The Kier molecular flexibility index (Phi) is 9.26. The van der Waals surface area contributed by atoms with Crippen molar-refractivity contribution in [1.29, 1.82) is 0 Å². The third-order valence-corrected chi connectivity index (χ3v) is 6.82. The van der Waals surface area contributed by atoms with E-state index in [0.29, 0.717) is 52.2 Å². The summed E-state index contributed by atoms with van der Waals surface area (Å²) in [7, 11) is -2.19. The van der Waals surface area contributed by atoms with Gasteiger partial charge in [0.05, 0.1) is 31.6 Å². The lowest BCUT2D eigenvalue weighted by Gasteiger charge is -2.26. The fraction of sp³-hybridized carbons (Fsp3) is 0.619. The smallest absolute Gasteiger partial charge is 0.307 e. The normalized spacial score (nSPS) is 15.2. The highest BCUT2D eigenvalue weighted by atomic mass is 32.2. The number of morpholine rings is 1. The van der Waals surface area contributed by atoms with E-state index in [-0.39, 0.29) is 29.1 Å². The highest BCUT2D eigenvalue weighted by molar-refractivity contribution is 7.89. The number of hydrogen-bond acceptors (Lipinski definition) is 6. The molecule has 0 aromatic heterocycles. The van der Waals surface area contributed by atoms with Gasteiger partial charge in [-0.05, 0) is 30.0 Å². The van der Waals surface area contributed by atoms with Crippen molar-refractivity contribution in [2.75, 3.05) is 46.5 Å². The van der Waals surface area contributed by atoms with Gasteiger partial charge < -0.3 is 14.4 Å². The molecule has 0 radical (unpaired) electrons. The van der Waals surface area contributed by atoms with Crippen molar-refractivity contribution in [3.05, 3.63) is 29.8 Å². The molecule has 1 aromatic rings. The molecule has 0 bridgehead atoms. The van der Waals surface area contributed by atoms with Crippen LogP contribution in [-0.4, -0.2) is 76.0 Å². The van der Waals surface area contributed by atoms with Gasteiger partial charge in [0.15, 0.2) is 0 Å². The van der Waals surface area contributed by atoms with E-state index in [1.807, 2.05) is 13.8 Å². The van der Waals surface area contributed by atoms with Crippen LogP contribution in [0.1, 0.15) is 32.3 Å². The van der Waals surface area contributed by atoms with Crippen LogP contribution in [0.2, 0.25) is 0 Å². The maximum Gasteiger partial charge on any atom is 0.307 e. The van der Waals surface area contributed by atoms with E-state index < -0.39 is 10.0 Å². The zero-order valence-electron chi connectivity index (χ0n) is 18.0. The lowest BCUT2D eigenvalue weighted by molar-refractivity contribution is -0.141. The number of esters is 1. The van der Waals surface area contributed by atoms with Gasteiger partial charge in [0, 0.05) is 32.6 Å². The molecule has 1 amide bonds. The van der Waals surface area contributed by atoms with E-state index in [4.69, 9.17) is 4.74 Å². The van der Waals surface area contributed by atoms with E-state index in [9.17, 15) is 18.0 Å². The van der Waals surface area contributed by atoms with Crippen LogP contribution in [0.4, 0.5) is 0 Å².